The first-order valence-corrected chi connectivity index (χ1v) is 6.67. The van der Waals surface area contributed by atoms with Gasteiger partial charge in [0.25, 0.3) is 0 Å². The molecule has 0 unspecified atom stereocenters. The lowest BCUT2D eigenvalue weighted by molar-refractivity contribution is -0.126. The van der Waals surface area contributed by atoms with Crippen LogP contribution in [-0.4, -0.2) is 24.5 Å². The Morgan fingerprint density at radius 2 is 1.79 bits per heavy atom. The molecule has 1 rings (SSSR count). The van der Waals surface area contributed by atoms with Crippen LogP contribution in [0.15, 0.2) is 18.2 Å². The fraction of sp³-hybridized carbons (Fsp3) is 0.600. The largest absolute Gasteiger partial charge is 0.378 e. The van der Waals surface area contributed by atoms with E-state index in [0.717, 1.165) is 11.4 Å². The maximum atomic E-state index is 11.3. The number of aromatic nitrogens is 1. The van der Waals surface area contributed by atoms with Crippen molar-refractivity contribution < 1.29 is 14.3 Å². The van der Waals surface area contributed by atoms with Crippen molar-refractivity contribution in [2.45, 2.75) is 40.9 Å². The molecule has 0 spiro atoms. The van der Waals surface area contributed by atoms with Crippen molar-refractivity contribution in [2.24, 2.45) is 5.92 Å². The molecule has 1 aromatic rings. The normalized spacial score (nSPS) is 10.0. The fourth-order valence-corrected chi connectivity index (χ4v) is 1.26. The van der Waals surface area contributed by atoms with Gasteiger partial charge in [-0.3, -0.25) is 9.78 Å². The average Bonchev–Trinajstić information content (AvgIpc) is 2.41. The van der Waals surface area contributed by atoms with E-state index in [9.17, 15) is 4.79 Å². The predicted molar refractivity (Wildman–Crippen MR) is 75.8 cm³/mol. The Kier molecular flexibility index (Phi) is 9.94. The van der Waals surface area contributed by atoms with Gasteiger partial charge in [0.05, 0.1) is 24.6 Å². The molecule has 1 aromatic heterocycles. The third-order valence-corrected chi connectivity index (χ3v) is 2.29. The highest BCUT2D eigenvalue weighted by Crippen LogP contribution is 2.03. The van der Waals surface area contributed by atoms with Gasteiger partial charge in [0.1, 0.15) is 6.61 Å². The van der Waals surface area contributed by atoms with Crippen LogP contribution in [0.3, 0.4) is 0 Å². The summed E-state index contributed by atoms with van der Waals surface area (Å²) in [5, 5.41) is 0. The van der Waals surface area contributed by atoms with Crippen molar-refractivity contribution in [1.82, 2.24) is 4.98 Å². The third-order valence-electron chi connectivity index (χ3n) is 2.29. The van der Waals surface area contributed by atoms with Crippen molar-refractivity contribution in [1.29, 1.82) is 0 Å². The lowest BCUT2D eigenvalue weighted by Crippen LogP contribution is -2.15. The molecule has 0 aromatic carbocycles. The van der Waals surface area contributed by atoms with Crippen molar-refractivity contribution in [2.75, 3.05) is 13.7 Å². The minimum Gasteiger partial charge on any atom is -0.378 e. The highest BCUT2D eigenvalue weighted by molar-refractivity contribution is 5.81. The van der Waals surface area contributed by atoms with E-state index < -0.39 is 0 Å². The molecule has 19 heavy (non-hydrogen) atoms. The summed E-state index contributed by atoms with van der Waals surface area (Å²) in [4.78, 5) is 15.7. The van der Waals surface area contributed by atoms with E-state index >= 15 is 0 Å². The number of methoxy groups -OCH3 is 1. The summed E-state index contributed by atoms with van der Waals surface area (Å²) in [5.41, 5.74) is 1.68. The topological polar surface area (TPSA) is 48.4 Å². The van der Waals surface area contributed by atoms with Gasteiger partial charge >= 0.3 is 0 Å². The van der Waals surface area contributed by atoms with Gasteiger partial charge in [-0.25, -0.2) is 0 Å². The molecular weight excluding hydrogens is 242 g/mol. The van der Waals surface area contributed by atoms with Gasteiger partial charge < -0.3 is 9.47 Å². The maximum Gasteiger partial charge on any atom is 0.160 e. The zero-order valence-corrected chi connectivity index (χ0v) is 12.6. The van der Waals surface area contributed by atoms with E-state index in [4.69, 9.17) is 9.47 Å². The molecule has 4 heteroatoms. The number of hydrogen-bond acceptors (Lipinski definition) is 4. The van der Waals surface area contributed by atoms with Gasteiger partial charge in [0.2, 0.25) is 0 Å². The summed E-state index contributed by atoms with van der Waals surface area (Å²) >= 11 is 0. The molecule has 0 fully saturated rings. The number of pyridine rings is 1. The fourth-order valence-electron chi connectivity index (χ4n) is 1.26. The summed E-state index contributed by atoms with van der Waals surface area (Å²) < 4.78 is 10.3. The van der Waals surface area contributed by atoms with Crippen molar-refractivity contribution in [3.8, 4) is 0 Å². The number of carbonyl (C=O) groups is 1. The molecule has 0 aliphatic heterocycles. The van der Waals surface area contributed by atoms with Gasteiger partial charge in [-0.05, 0) is 12.1 Å². The smallest absolute Gasteiger partial charge is 0.160 e. The van der Waals surface area contributed by atoms with Crippen LogP contribution in [-0.2, 0) is 27.5 Å². The van der Waals surface area contributed by atoms with Gasteiger partial charge in [0, 0.05) is 13.0 Å². The molecule has 0 saturated carbocycles. The Morgan fingerprint density at radius 1 is 1.21 bits per heavy atom. The first-order chi connectivity index (χ1) is 9.13. The van der Waals surface area contributed by atoms with Crippen molar-refractivity contribution in [3.05, 3.63) is 29.6 Å². The lowest BCUT2D eigenvalue weighted by Gasteiger charge is -2.06. The minimum atomic E-state index is 0.0165. The molecule has 0 amide bonds. The first-order valence-electron chi connectivity index (χ1n) is 6.67. The summed E-state index contributed by atoms with van der Waals surface area (Å²) in [7, 11) is 1.63. The number of nitrogens with zero attached hydrogens (tertiary/aromatic N) is 1. The zero-order valence-electron chi connectivity index (χ0n) is 12.6. The van der Waals surface area contributed by atoms with E-state index in [1.54, 1.807) is 7.11 Å². The highest BCUT2D eigenvalue weighted by atomic mass is 16.5. The van der Waals surface area contributed by atoms with E-state index in [0.29, 0.717) is 13.2 Å². The maximum absolute atomic E-state index is 11.3. The molecule has 0 radical (unpaired) electrons. The predicted octanol–water partition coefficient (Wildman–Crippen LogP) is 3.00. The molecule has 0 atom stereocenters. The second-order valence-electron chi connectivity index (χ2n) is 4.17. The Hall–Kier alpha value is -1.26. The molecule has 0 N–H and O–H groups in total. The van der Waals surface area contributed by atoms with E-state index in [2.05, 4.69) is 4.98 Å². The quantitative estimate of drug-likeness (QED) is 0.762. The summed E-state index contributed by atoms with van der Waals surface area (Å²) in [5.74, 6) is 0.126. The van der Waals surface area contributed by atoms with Crippen LogP contribution < -0.4 is 0 Å². The Bertz CT molecular complexity index is 364. The van der Waals surface area contributed by atoms with E-state index in [1.807, 2.05) is 45.9 Å². The Morgan fingerprint density at radius 3 is 2.32 bits per heavy atom. The number of hydrogen-bond donors (Lipinski definition) is 0. The van der Waals surface area contributed by atoms with Crippen molar-refractivity contribution >= 4 is 5.78 Å². The zero-order chi connectivity index (χ0) is 14.7. The second-order valence-corrected chi connectivity index (χ2v) is 4.17. The second kappa shape index (κ2) is 10.6. The number of ketones is 1. The Labute approximate surface area is 116 Å². The number of Topliss-reactive ketones (excluding diaryl/α,β-unsaturated/α-hetero) is 1. The van der Waals surface area contributed by atoms with Gasteiger partial charge in [-0.2, -0.15) is 0 Å². The average molecular weight is 267 g/mol. The molecule has 4 nitrogen and oxygen atoms in total. The molecule has 108 valence electrons. The van der Waals surface area contributed by atoms with Gasteiger partial charge in [0.15, 0.2) is 5.78 Å². The summed E-state index contributed by atoms with van der Waals surface area (Å²) in [6.45, 7) is 8.72. The lowest BCUT2D eigenvalue weighted by atomic mass is 10.1. The molecule has 0 aliphatic carbocycles. The molecule has 0 saturated heterocycles. The monoisotopic (exact) mass is 267 g/mol. The molecule has 1 heterocycles. The molecule has 0 bridgehead atoms. The number of carbonyl (C=O) groups excluding carboxylic acids is 1. The first kappa shape index (κ1) is 17.7. The number of ether oxygens (including phenoxy) is 2. The van der Waals surface area contributed by atoms with Crippen LogP contribution in [0.1, 0.15) is 39.1 Å². The summed E-state index contributed by atoms with van der Waals surface area (Å²) in [6.07, 6.45) is 0. The van der Waals surface area contributed by atoms with Crippen LogP contribution in [0.2, 0.25) is 0 Å². The van der Waals surface area contributed by atoms with Crippen LogP contribution in [0.5, 0.6) is 0 Å². The third kappa shape index (κ3) is 7.70. The van der Waals surface area contributed by atoms with Crippen LogP contribution in [0, 0.1) is 5.92 Å². The van der Waals surface area contributed by atoms with E-state index in [-0.39, 0.29) is 18.3 Å². The van der Waals surface area contributed by atoms with Crippen LogP contribution >= 0.6 is 0 Å². The Balaban J connectivity index is 0.00000154. The van der Waals surface area contributed by atoms with E-state index in [1.165, 1.54) is 0 Å². The minimum absolute atomic E-state index is 0.0165. The number of rotatable bonds is 7. The molecule has 0 aliphatic rings. The van der Waals surface area contributed by atoms with Crippen molar-refractivity contribution in [3.63, 3.8) is 0 Å². The SMILES string of the molecule is CC.COCc1cccc(COCC(=O)C(C)C)n1. The standard InChI is InChI=1S/C13H19NO3.C2H6/c1-10(2)13(15)9-17-8-12-6-4-5-11(14-12)7-16-3;1-2/h4-6,10H,7-9H2,1-3H3;1-2H3. The highest BCUT2D eigenvalue weighted by Gasteiger charge is 2.07. The van der Waals surface area contributed by atoms with Crippen LogP contribution in [0.4, 0.5) is 0 Å². The molecular formula is C15H25NO3. The summed E-state index contributed by atoms with van der Waals surface area (Å²) in [6, 6.07) is 5.68. The van der Waals surface area contributed by atoms with Gasteiger partial charge in [-0.1, -0.05) is 33.8 Å². The van der Waals surface area contributed by atoms with Gasteiger partial charge in [-0.15, -0.1) is 0 Å². The van der Waals surface area contributed by atoms with Crippen LogP contribution in [0.25, 0.3) is 0 Å².